The summed E-state index contributed by atoms with van der Waals surface area (Å²) >= 11 is 0. The van der Waals surface area contributed by atoms with Crippen molar-refractivity contribution in [1.82, 2.24) is 30.4 Å². The Bertz CT molecular complexity index is 785. The van der Waals surface area contributed by atoms with Gasteiger partial charge in [0.25, 0.3) is 0 Å². The van der Waals surface area contributed by atoms with E-state index in [1.165, 1.54) is 0 Å². The average molecular weight is 422 g/mol. The van der Waals surface area contributed by atoms with Gasteiger partial charge >= 0.3 is 12.1 Å². The smallest absolute Gasteiger partial charge is 0.407 e. The van der Waals surface area contributed by atoms with Crippen molar-refractivity contribution < 1.29 is 24.0 Å². The molecule has 0 radical (unpaired) electrons. The minimum atomic E-state index is -0.505. The van der Waals surface area contributed by atoms with Gasteiger partial charge in [0.1, 0.15) is 11.6 Å². The predicted molar refractivity (Wildman–Crippen MR) is 103 cm³/mol. The number of hydrogen-bond donors (Lipinski definition) is 2. The minimum absolute atomic E-state index is 0.0899. The lowest BCUT2D eigenvalue weighted by atomic mass is 10.0. The molecule has 3 saturated heterocycles. The Kier molecular flexibility index (Phi) is 5.58. The number of nitrogens with one attached hydrogen (secondary N) is 1. The van der Waals surface area contributed by atoms with E-state index < -0.39 is 11.6 Å². The number of piperidine rings is 2. The Morgan fingerprint density at radius 1 is 1.23 bits per heavy atom. The van der Waals surface area contributed by atoms with Crippen molar-refractivity contribution >= 4 is 12.1 Å². The second-order valence-corrected chi connectivity index (χ2v) is 9.26. The number of carbonyl (C=O) groups is 2. The number of carbonyl (C=O) groups excluding carboxylic acids is 2. The van der Waals surface area contributed by atoms with Crippen LogP contribution in [0.15, 0.2) is 4.42 Å². The lowest BCUT2D eigenvalue weighted by Crippen LogP contribution is -2.45. The zero-order chi connectivity index (χ0) is 21.5. The number of amides is 3. The Balaban J connectivity index is 1.26. The van der Waals surface area contributed by atoms with E-state index >= 15 is 0 Å². The van der Waals surface area contributed by atoms with Crippen LogP contribution in [0, 0.1) is 0 Å². The molecule has 30 heavy (non-hydrogen) atoms. The highest BCUT2D eigenvalue weighted by molar-refractivity contribution is 5.76. The van der Waals surface area contributed by atoms with Crippen LogP contribution in [0.25, 0.3) is 0 Å². The molecule has 0 unspecified atom stereocenters. The standard InChI is InChI=1S/C19H30N6O5/c1-19(2,3)30-17(26)20-12-6-8-23(9-7-12)11-15-21-22-16(29-15)14-5-4-13-10-24(14)18(27)25(13)28/h12-14,28H,4-11H2,1-3H3,(H,20,26)/t13-,14-/m0/s1. The zero-order valence-corrected chi connectivity index (χ0v) is 17.7. The minimum Gasteiger partial charge on any atom is -0.444 e. The van der Waals surface area contributed by atoms with Gasteiger partial charge in [-0.3, -0.25) is 10.1 Å². The highest BCUT2D eigenvalue weighted by Gasteiger charge is 2.46. The van der Waals surface area contributed by atoms with E-state index in [-0.39, 0.29) is 24.2 Å². The second-order valence-electron chi connectivity index (χ2n) is 9.26. The van der Waals surface area contributed by atoms with E-state index in [0.29, 0.717) is 37.7 Å². The molecule has 0 aromatic carbocycles. The molecule has 3 aliphatic rings. The molecule has 166 valence electrons. The van der Waals surface area contributed by atoms with Crippen molar-refractivity contribution in [3.63, 3.8) is 0 Å². The van der Waals surface area contributed by atoms with Gasteiger partial charge in [-0.05, 0) is 46.5 Å². The van der Waals surface area contributed by atoms with Gasteiger partial charge in [-0.2, -0.15) is 0 Å². The molecule has 4 rings (SSSR count). The maximum absolute atomic E-state index is 12.1. The molecule has 2 atom stereocenters. The topological polar surface area (TPSA) is 124 Å². The summed E-state index contributed by atoms with van der Waals surface area (Å²) in [6.07, 6.45) is 2.66. The normalized spacial score (nSPS) is 25.7. The Morgan fingerprint density at radius 2 is 1.97 bits per heavy atom. The second kappa shape index (κ2) is 8.03. The third kappa shape index (κ3) is 4.51. The summed E-state index contributed by atoms with van der Waals surface area (Å²) in [5.74, 6) is 0.937. The molecule has 1 aromatic rings. The molecule has 3 aliphatic heterocycles. The first-order valence-electron chi connectivity index (χ1n) is 10.5. The number of hydrogen-bond acceptors (Lipinski definition) is 8. The highest BCUT2D eigenvalue weighted by Crippen LogP contribution is 2.37. The van der Waals surface area contributed by atoms with Crippen LogP contribution in [0.1, 0.15) is 64.3 Å². The summed E-state index contributed by atoms with van der Waals surface area (Å²) in [5, 5.41) is 21.9. The SMILES string of the molecule is CC(C)(C)OC(=O)NC1CCN(Cc2nnc([C@@H]3CC[C@H]4CN3C(=O)N4O)o2)CC1. The number of alkyl carbamates (subject to hydrolysis) is 1. The van der Waals surface area contributed by atoms with Crippen LogP contribution >= 0.6 is 0 Å². The number of likely N-dealkylation sites (tertiary alicyclic amines) is 1. The number of urea groups is 1. The first kappa shape index (κ1) is 20.9. The van der Waals surface area contributed by atoms with Crippen LogP contribution in [0.4, 0.5) is 9.59 Å². The van der Waals surface area contributed by atoms with Crippen molar-refractivity contribution in [1.29, 1.82) is 0 Å². The number of hydroxylamine groups is 2. The highest BCUT2D eigenvalue weighted by atomic mass is 16.6. The summed E-state index contributed by atoms with van der Waals surface area (Å²) in [6, 6.07) is -0.739. The number of fused-ring (bicyclic) bond motifs is 2. The van der Waals surface area contributed by atoms with Gasteiger partial charge in [0.15, 0.2) is 0 Å². The maximum atomic E-state index is 12.1. The summed E-state index contributed by atoms with van der Waals surface area (Å²) < 4.78 is 11.2. The van der Waals surface area contributed by atoms with Crippen LogP contribution in [0.2, 0.25) is 0 Å². The lowest BCUT2D eigenvalue weighted by molar-refractivity contribution is -0.0584. The van der Waals surface area contributed by atoms with Gasteiger partial charge in [0.2, 0.25) is 11.8 Å². The van der Waals surface area contributed by atoms with E-state index in [1.807, 2.05) is 20.8 Å². The fraction of sp³-hybridized carbons (Fsp3) is 0.789. The van der Waals surface area contributed by atoms with E-state index in [0.717, 1.165) is 31.0 Å². The number of ether oxygens (including phenoxy) is 1. The molecule has 0 saturated carbocycles. The fourth-order valence-corrected chi connectivity index (χ4v) is 4.27. The molecule has 2 N–H and O–H groups in total. The van der Waals surface area contributed by atoms with Gasteiger partial charge in [0.05, 0.1) is 12.6 Å². The van der Waals surface area contributed by atoms with Crippen LogP contribution < -0.4 is 5.32 Å². The lowest BCUT2D eigenvalue weighted by Gasteiger charge is -2.32. The monoisotopic (exact) mass is 422 g/mol. The summed E-state index contributed by atoms with van der Waals surface area (Å²) in [4.78, 5) is 27.9. The molecule has 2 bridgehead atoms. The van der Waals surface area contributed by atoms with Crippen LogP contribution in [-0.4, -0.2) is 79.7 Å². The third-order valence-electron chi connectivity index (χ3n) is 5.78. The molecular weight excluding hydrogens is 392 g/mol. The van der Waals surface area contributed by atoms with Crippen molar-refractivity contribution in [2.45, 2.75) is 76.7 Å². The third-order valence-corrected chi connectivity index (χ3v) is 5.78. The van der Waals surface area contributed by atoms with Crippen molar-refractivity contribution in [3.8, 4) is 0 Å². The van der Waals surface area contributed by atoms with Gasteiger partial charge < -0.3 is 19.4 Å². The van der Waals surface area contributed by atoms with Crippen molar-refractivity contribution in [2.75, 3.05) is 19.6 Å². The van der Waals surface area contributed by atoms with Gasteiger partial charge in [-0.25, -0.2) is 14.7 Å². The molecule has 3 fully saturated rings. The van der Waals surface area contributed by atoms with Gasteiger partial charge in [-0.15, -0.1) is 10.2 Å². The number of aromatic nitrogens is 2. The molecular formula is C19H30N6O5. The predicted octanol–water partition coefficient (Wildman–Crippen LogP) is 1.89. The van der Waals surface area contributed by atoms with Crippen molar-refractivity contribution in [2.24, 2.45) is 0 Å². The quantitative estimate of drug-likeness (QED) is 0.705. The largest absolute Gasteiger partial charge is 0.444 e. The summed E-state index contributed by atoms with van der Waals surface area (Å²) in [6.45, 7) is 8.15. The zero-order valence-electron chi connectivity index (χ0n) is 17.7. The molecule has 0 aliphatic carbocycles. The van der Waals surface area contributed by atoms with Gasteiger partial charge in [0, 0.05) is 25.7 Å². The first-order valence-corrected chi connectivity index (χ1v) is 10.5. The Morgan fingerprint density at radius 3 is 2.67 bits per heavy atom. The molecule has 0 spiro atoms. The number of nitrogens with zero attached hydrogens (tertiary/aromatic N) is 5. The van der Waals surface area contributed by atoms with Crippen molar-refractivity contribution in [3.05, 3.63) is 11.8 Å². The summed E-state index contributed by atoms with van der Waals surface area (Å²) in [5.41, 5.74) is -0.505. The van der Waals surface area contributed by atoms with Gasteiger partial charge in [-0.1, -0.05) is 0 Å². The molecule has 11 nitrogen and oxygen atoms in total. The molecule has 11 heteroatoms. The average Bonchev–Trinajstić information content (AvgIpc) is 3.22. The summed E-state index contributed by atoms with van der Waals surface area (Å²) in [7, 11) is 0. The first-order chi connectivity index (χ1) is 14.2. The molecule has 4 heterocycles. The van der Waals surface area contributed by atoms with E-state index in [4.69, 9.17) is 9.15 Å². The van der Waals surface area contributed by atoms with E-state index in [9.17, 15) is 14.8 Å². The van der Waals surface area contributed by atoms with E-state index in [2.05, 4.69) is 20.4 Å². The number of rotatable bonds is 4. The van der Waals surface area contributed by atoms with Crippen LogP contribution in [0.5, 0.6) is 0 Å². The molecule has 1 aromatic heterocycles. The van der Waals surface area contributed by atoms with Crippen LogP contribution in [0.3, 0.4) is 0 Å². The fourth-order valence-electron chi connectivity index (χ4n) is 4.27. The van der Waals surface area contributed by atoms with Crippen LogP contribution in [-0.2, 0) is 11.3 Å². The Hall–Kier alpha value is -2.40. The maximum Gasteiger partial charge on any atom is 0.407 e. The van der Waals surface area contributed by atoms with E-state index in [1.54, 1.807) is 4.90 Å². The molecule has 3 amide bonds. The Labute approximate surface area is 175 Å².